The summed E-state index contributed by atoms with van der Waals surface area (Å²) < 4.78 is 31.1. The Kier molecular flexibility index (Phi) is 4.70. The zero-order chi connectivity index (χ0) is 12.5. The van der Waals surface area contributed by atoms with Crippen LogP contribution < -0.4 is 0 Å². The Balaban J connectivity index is 1.82. The number of nitrogens with zero attached hydrogens (tertiary/aromatic N) is 1. The minimum atomic E-state index is -2.29. The van der Waals surface area contributed by atoms with E-state index in [1.165, 1.54) is 0 Å². The van der Waals surface area contributed by atoms with Crippen LogP contribution in [0.3, 0.4) is 0 Å². The minimum Gasteiger partial charge on any atom is -0.561 e. The second kappa shape index (κ2) is 5.70. The van der Waals surface area contributed by atoms with Crippen molar-refractivity contribution in [2.24, 2.45) is 5.92 Å². The molecule has 17 heavy (non-hydrogen) atoms. The van der Waals surface area contributed by atoms with E-state index >= 15 is 0 Å². The fourth-order valence-electron chi connectivity index (χ4n) is 2.40. The van der Waals surface area contributed by atoms with Crippen molar-refractivity contribution in [1.82, 2.24) is 4.31 Å². The van der Waals surface area contributed by atoms with Crippen LogP contribution in [0.2, 0.25) is 0 Å². The van der Waals surface area contributed by atoms with Gasteiger partial charge < -0.3 is 9.29 Å². The highest BCUT2D eigenvalue weighted by Crippen LogP contribution is 2.56. The van der Waals surface area contributed by atoms with Crippen molar-refractivity contribution in [3.63, 3.8) is 0 Å². The second-order valence-electron chi connectivity index (χ2n) is 5.53. The zero-order valence-electron chi connectivity index (χ0n) is 10.6. The van der Waals surface area contributed by atoms with Gasteiger partial charge in [-0.25, -0.2) is 0 Å². The van der Waals surface area contributed by atoms with Gasteiger partial charge in [0, 0.05) is 17.8 Å². The minimum absolute atomic E-state index is 0.216. The normalized spacial score (nSPS) is 33.7. The van der Waals surface area contributed by atoms with Crippen molar-refractivity contribution in [3.05, 3.63) is 0 Å². The van der Waals surface area contributed by atoms with Gasteiger partial charge in [0.25, 0.3) is 11.7 Å². The van der Waals surface area contributed by atoms with E-state index < -0.39 is 19.0 Å². The number of hydrogen-bond donors (Lipinski definition) is 0. The van der Waals surface area contributed by atoms with E-state index in [1.54, 1.807) is 4.31 Å². The van der Waals surface area contributed by atoms with Gasteiger partial charge in [0.1, 0.15) is 0 Å². The van der Waals surface area contributed by atoms with E-state index in [2.05, 4.69) is 13.6 Å². The summed E-state index contributed by atoms with van der Waals surface area (Å²) in [4.78, 5) is 0. The SMILES string of the molecule is C[C@H]1CC1N(CC[P+]1(C)CCOCC1)[S+]([O-])F. The van der Waals surface area contributed by atoms with Crippen LogP contribution in [0, 0.1) is 5.92 Å². The van der Waals surface area contributed by atoms with E-state index in [-0.39, 0.29) is 6.04 Å². The monoisotopic (exact) mass is 282 g/mol. The first kappa shape index (κ1) is 14.0. The van der Waals surface area contributed by atoms with Gasteiger partial charge in [-0.05, 0) is 12.3 Å². The van der Waals surface area contributed by atoms with Crippen LogP contribution in [0.1, 0.15) is 13.3 Å². The fourth-order valence-corrected chi connectivity index (χ4v) is 5.78. The van der Waals surface area contributed by atoms with E-state index in [0.29, 0.717) is 12.5 Å². The maximum absolute atomic E-state index is 13.1. The summed E-state index contributed by atoms with van der Waals surface area (Å²) in [5.41, 5.74) is 0. The van der Waals surface area contributed by atoms with Gasteiger partial charge in [0.2, 0.25) is 0 Å². The first-order chi connectivity index (χ1) is 8.02. The Hall–Kier alpha value is 0.590. The van der Waals surface area contributed by atoms with Gasteiger partial charge in [0.15, 0.2) is 0 Å². The molecule has 1 aliphatic carbocycles. The van der Waals surface area contributed by atoms with Gasteiger partial charge in [-0.2, -0.15) is 0 Å². The molecule has 0 bridgehead atoms. The molecule has 0 amide bonds. The van der Waals surface area contributed by atoms with Crippen molar-refractivity contribution in [2.75, 3.05) is 44.9 Å². The second-order valence-corrected chi connectivity index (χ2v) is 11.0. The Morgan fingerprint density at radius 2 is 2.06 bits per heavy atom. The first-order valence-corrected chi connectivity index (χ1v) is 10.1. The van der Waals surface area contributed by atoms with Crippen molar-refractivity contribution in [2.45, 2.75) is 19.4 Å². The van der Waals surface area contributed by atoms with Crippen molar-refractivity contribution < 1.29 is 13.2 Å². The van der Waals surface area contributed by atoms with E-state index in [4.69, 9.17) is 4.74 Å². The summed E-state index contributed by atoms with van der Waals surface area (Å²) in [7, 11) is -0.956. The molecular weight excluding hydrogens is 260 g/mol. The largest absolute Gasteiger partial charge is 0.561 e. The Labute approximate surface area is 107 Å². The van der Waals surface area contributed by atoms with Gasteiger partial charge in [-0.3, -0.25) is 0 Å². The lowest BCUT2D eigenvalue weighted by atomic mass is 10.5. The van der Waals surface area contributed by atoms with E-state index in [0.717, 1.165) is 38.1 Å². The lowest BCUT2D eigenvalue weighted by Gasteiger charge is -2.28. The van der Waals surface area contributed by atoms with Crippen LogP contribution in [0.5, 0.6) is 0 Å². The Morgan fingerprint density at radius 1 is 1.47 bits per heavy atom. The number of rotatable bonds is 5. The zero-order valence-corrected chi connectivity index (χ0v) is 12.3. The van der Waals surface area contributed by atoms with Crippen molar-refractivity contribution >= 4 is 19.0 Å². The molecule has 1 saturated carbocycles. The van der Waals surface area contributed by atoms with Gasteiger partial charge in [-0.1, -0.05) is 11.2 Å². The first-order valence-electron chi connectivity index (χ1n) is 6.28. The third kappa shape index (κ3) is 3.77. The molecule has 0 N–H and O–H groups in total. The van der Waals surface area contributed by atoms with Gasteiger partial charge in [0.05, 0.1) is 44.3 Å². The van der Waals surface area contributed by atoms with Crippen LogP contribution in [-0.4, -0.2) is 59.8 Å². The predicted octanol–water partition coefficient (Wildman–Crippen LogP) is 1.92. The molecule has 2 fully saturated rings. The third-order valence-corrected chi connectivity index (χ3v) is 8.66. The maximum Gasteiger partial charge on any atom is 0.278 e. The number of hydrogen-bond acceptors (Lipinski definition) is 3. The topological polar surface area (TPSA) is 35.5 Å². The average molecular weight is 282 g/mol. The van der Waals surface area contributed by atoms with Crippen LogP contribution in [0.4, 0.5) is 3.89 Å². The van der Waals surface area contributed by atoms with E-state index in [9.17, 15) is 8.44 Å². The smallest absolute Gasteiger partial charge is 0.278 e. The molecule has 3 nitrogen and oxygen atoms in total. The molecule has 0 aromatic heterocycles. The summed E-state index contributed by atoms with van der Waals surface area (Å²) in [6.45, 7) is 6.79. The van der Waals surface area contributed by atoms with Crippen LogP contribution >= 0.6 is 7.26 Å². The lowest BCUT2D eigenvalue weighted by Crippen LogP contribution is -2.35. The highest BCUT2D eigenvalue weighted by Gasteiger charge is 2.47. The molecule has 3 atom stereocenters. The molecule has 0 aromatic carbocycles. The van der Waals surface area contributed by atoms with Crippen LogP contribution in [0.25, 0.3) is 0 Å². The Bertz CT molecular complexity index is 264. The maximum atomic E-state index is 13.1. The van der Waals surface area contributed by atoms with Crippen molar-refractivity contribution in [3.8, 4) is 0 Å². The molecule has 0 radical (unpaired) electrons. The van der Waals surface area contributed by atoms with Gasteiger partial charge in [-0.15, -0.1) is 0 Å². The fraction of sp³-hybridized carbons (Fsp3) is 1.00. The molecular formula is C11H22FNO2PS+. The van der Waals surface area contributed by atoms with Gasteiger partial charge >= 0.3 is 0 Å². The Morgan fingerprint density at radius 3 is 2.53 bits per heavy atom. The predicted molar refractivity (Wildman–Crippen MR) is 71.8 cm³/mol. The molecule has 1 heterocycles. The molecule has 2 unspecified atom stereocenters. The number of ether oxygens (including phenoxy) is 1. The molecule has 2 aliphatic rings. The third-order valence-electron chi connectivity index (χ3n) is 4.03. The lowest BCUT2D eigenvalue weighted by molar-refractivity contribution is 0.157. The average Bonchev–Trinajstić information content (AvgIpc) is 2.96. The number of halogens is 1. The summed E-state index contributed by atoms with van der Waals surface area (Å²) in [5.74, 6) is 0.510. The van der Waals surface area contributed by atoms with Crippen LogP contribution in [0.15, 0.2) is 0 Å². The molecule has 1 aliphatic heterocycles. The summed E-state index contributed by atoms with van der Waals surface area (Å²) >= 11 is -2.29. The molecule has 1 saturated heterocycles. The summed E-state index contributed by atoms with van der Waals surface area (Å²) in [6, 6.07) is 0.216. The van der Waals surface area contributed by atoms with Crippen LogP contribution in [-0.2, 0) is 16.5 Å². The molecule has 6 heteroatoms. The molecule has 0 aromatic rings. The molecule has 100 valence electrons. The summed E-state index contributed by atoms with van der Waals surface area (Å²) in [6.07, 6.45) is 4.29. The standard InChI is InChI=1S/C11H22FNO2PS/c1-10-9-11(10)13(17(12)14)3-6-16(2)7-4-15-5-8-16/h10-11H,3-9H2,1-2H3/q+1/t10-,11?,17?/m0/s1. The molecule has 0 spiro atoms. The van der Waals surface area contributed by atoms with E-state index in [1.807, 2.05) is 0 Å². The molecule has 2 rings (SSSR count). The highest BCUT2D eigenvalue weighted by molar-refractivity contribution is 7.84. The van der Waals surface area contributed by atoms with Crippen molar-refractivity contribution in [1.29, 1.82) is 0 Å². The highest BCUT2D eigenvalue weighted by atomic mass is 32.3. The quantitative estimate of drug-likeness (QED) is 0.571. The summed E-state index contributed by atoms with van der Waals surface area (Å²) in [5, 5.41) is 0.